The number of morpholine rings is 1. The van der Waals surface area contributed by atoms with E-state index < -0.39 is 0 Å². The van der Waals surface area contributed by atoms with Crippen LogP contribution in [0, 0.1) is 5.41 Å². The second-order valence-corrected chi connectivity index (χ2v) is 5.30. The van der Waals surface area contributed by atoms with Crippen molar-refractivity contribution in [3.05, 3.63) is 0 Å². The minimum Gasteiger partial charge on any atom is -0.373 e. The second kappa shape index (κ2) is 5.64. The molecule has 0 aromatic rings. The molecule has 0 saturated carbocycles. The lowest BCUT2D eigenvalue weighted by Gasteiger charge is -2.36. The molecule has 4 nitrogen and oxygen atoms in total. The van der Waals surface area contributed by atoms with Crippen LogP contribution in [0.15, 0.2) is 0 Å². The van der Waals surface area contributed by atoms with E-state index in [1.165, 1.54) is 0 Å². The summed E-state index contributed by atoms with van der Waals surface area (Å²) in [6, 6.07) is 0. The summed E-state index contributed by atoms with van der Waals surface area (Å²) >= 11 is 0. The fourth-order valence-corrected chi connectivity index (χ4v) is 1.81. The van der Waals surface area contributed by atoms with E-state index in [1.807, 2.05) is 25.7 Å². The van der Waals surface area contributed by atoms with Gasteiger partial charge in [-0.15, -0.1) is 0 Å². The van der Waals surface area contributed by atoms with Gasteiger partial charge in [0.05, 0.1) is 12.7 Å². The number of ether oxygens (including phenoxy) is 1. The maximum absolute atomic E-state index is 12.1. The molecule has 94 valence electrons. The maximum atomic E-state index is 12.1. The molecule has 1 N–H and O–H groups in total. The quantitative estimate of drug-likeness (QED) is 0.779. The van der Waals surface area contributed by atoms with E-state index in [1.54, 1.807) is 0 Å². The Hall–Kier alpha value is -0.610. The molecule has 0 aromatic heterocycles. The molecular weight excluding hydrogens is 204 g/mol. The predicted molar refractivity (Wildman–Crippen MR) is 64.3 cm³/mol. The molecular formula is C12H24N2O2. The van der Waals surface area contributed by atoms with Crippen LogP contribution >= 0.6 is 0 Å². The number of hydrogen-bond donors (Lipinski definition) is 1. The first-order valence-corrected chi connectivity index (χ1v) is 6.07. The zero-order valence-corrected chi connectivity index (χ0v) is 10.9. The third kappa shape index (κ3) is 3.76. The van der Waals surface area contributed by atoms with E-state index in [4.69, 9.17) is 4.74 Å². The van der Waals surface area contributed by atoms with Gasteiger partial charge in [0.1, 0.15) is 0 Å². The molecule has 1 amide bonds. The average molecular weight is 228 g/mol. The molecule has 0 aliphatic carbocycles. The van der Waals surface area contributed by atoms with Crippen LogP contribution in [0.3, 0.4) is 0 Å². The zero-order chi connectivity index (χ0) is 12.2. The van der Waals surface area contributed by atoms with Gasteiger partial charge >= 0.3 is 0 Å². The van der Waals surface area contributed by atoms with Gasteiger partial charge in [-0.1, -0.05) is 27.7 Å². The lowest BCUT2D eigenvalue weighted by Crippen LogP contribution is -2.51. The number of nitrogens with zero attached hydrogens (tertiary/aromatic N) is 1. The minimum absolute atomic E-state index is 0.139. The molecule has 1 aliphatic rings. The van der Waals surface area contributed by atoms with Crippen LogP contribution in [0.5, 0.6) is 0 Å². The van der Waals surface area contributed by atoms with Crippen LogP contribution in [0.4, 0.5) is 0 Å². The molecule has 1 aliphatic heterocycles. The van der Waals surface area contributed by atoms with E-state index in [0.717, 1.165) is 19.6 Å². The van der Waals surface area contributed by atoms with Crippen LogP contribution in [0.25, 0.3) is 0 Å². The Morgan fingerprint density at radius 1 is 1.50 bits per heavy atom. The third-order valence-electron chi connectivity index (χ3n) is 2.69. The van der Waals surface area contributed by atoms with Crippen LogP contribution in [-0.4, -0.2) is 49.7 Å². The Bertz CT molecular complexity index is 236. The van der Waals surface area contributed by atoms with Gasteiger partial charge in [-0.3, -0.25) is 4.79 Å². The molecule has 4 heteroatoms. The first-order valence-electron chi connectivity index (χ1n) is 6.07. The molecule has 1 saturated heterocycles. The summed E-state index contributed by atoms with van der Waals surface area (Å²) in [7, 11) is 0. The lowest BCUT2D eigenvalue weighted by atomic mass is 9.94. The number of likely N-dealkylation sites (N-methyl/N-ethyl adjacent to an activating group) is 1. The van der Waals surface area contributed by atoms with Crippen molar-refractivity contribution in [2.45, 2.75) is 33.8 Å². The Morgan fingerprint density at radius 3 is 2.75 bits per heavy atom. The zero-order valence-electron chi connectivity index (χ0n) is 10.9. The summed E-state index contributed by atoms with van der Waals surface area (Å²) in [5.41, 5.74) is -0.292. The van der Waals surface area contributed by atoms with Crippen molar-refractivity contribution in [1.82, 2.24) is 10.2 Å². The van der Waals surface area contributed by atoms with Crippen molar-refractivity contribution in [2.75, 3.05) is 32.8 Å². The minimum atomic E-state index is -0.292. The Labute approximate surface area is 98.3 Å². The highest BCUT2D eigenvalue weighted by Gasteiger charge is 2.31. The van der Waals surface area contributed by atoms with Crippen LogP contribution in [0.1, 0.15) is 27.7 Å². The fraction of sp³-hybridized carbons (Fsp3) is 0.917. The van der Waals surface area contributed by atoms with E-state index in [2.05, 4.69) is 12.2 Å². The number of nitrogens with one attached hydrogen (secondary N) is 1. The number of hydrogen-bond acceptors (Lipinski definition) is 3. The van der Waals surface area contributed by atoms with Crippen LogP contribution in [-0.2, 0) is 9.53 Å². The molecule has 0 radical (unpaired) electrons. The molecule has 1 heterocycles. The Morgan fingerprint density at radius 2 is 2.19 bits per heavy atom. The maximum Gasteiger partial charge on any atom is 0.228 e. The van der Waals surface area contributed by atoms with Gasteiger partial charge in [0.15, 0.2) is 0 Å². The topological polar surface area (TPSA) is 41.6 Å². The van der Waals surface area contributed by atoms with E-state index in [9.17, 15) is 4.79 Å². The smallest absolute Gasteiger partial charge is 0.228 e. The van der Waals surface area contributed by atoms with Gasteiger partial charge in [-0.2, -0.15) is 0 Å². The van der Waals surface area contributed by atoms with E-state index in [-0.39, 0.29) is 17.4 Å². The monoisotopic (exact) mass is 228 g/mol. The Balaban J connectivity index is 2.47. The predicted octanol–water partition coefficient (Wildman–Crippen LogP) is 0.869. The number of amides is 1. The van der Waals surface area contributed by atoms with Gasteiger partial charge < -0.3 is 15.0 Å². The van der Waals surface area contributed by atoms with Gasteiger partial charge in [0.2, 0.25) is 5.91 Å². The van der Waals surface area contributed by atoms with Crippen LogP contribution < -0.4 is 5.32 Å². The molecule has 0 aromatic carbocycles. The lowest BCUT2D eigenvalue weighted by molar-refractivity contribution is -0.146. The summed E-state index contributed by atoms with van der Waals surface area (Å²) < 4.78 is 5.62. The van der Waals surface area contributed by atoms with Crippen molar-refractivity contribution in [1.29, 1.82) is 0 Å². The number of carbonyl (C=O) groups excluding carboxylic acids is 1. The number of carbonyl (C=O) groups is 1. The second-order valence-electron chi connectivity index (χ2n) is 5.30. The summed E-state index contributed by atoms with van der Waals surface area (Å²) in [5, 5.41) is 3.25. The van der Waals surface area contributed by atoms with Crippen molar-refractivity contribution < 1.29 is 9.53 Å². The molecule has 1 fully saturated rings. The summed E-state index contributed by atoms with van der Waals surface area (Å²) in [6.45, 7) is 11.8. The molecule has 0 spiro atoms. The average Bonchev–Trinajstić information content (AvgIpc) is 2.24. The Kier molecular flexibility index (Phi) is 4.74. The van der Waals surface area contributed by atoms with Crippen molar-refractivity contribution in [3.63, 3.8) is 0 Å². The van der Waals surface area contributed by atoms with Gasteiger partial charge in [0.25, 0.3) is 0 Å². The molecule has 1 unspecified atom stereocenters. The molecule has 16 heavy (non-hydrogen) atoms. The summed E-state index contributed by atoms with van der Waals surface area (Å²) in [5.74, 6) is 0.220. The largest absolute Gasteiger partial charge is 0.373 e. The normalized spacial score (nSPS) is 22.2. The first kappa shape index (κ1) is 13.5. The summed E-state index contributed by atoms with van der Waals surface area (Å²) in [6.07, 6.45) is 0.139. The van der Waals surface area contributed by atoms with Crippen molar-refractivity contribution >= 4 is 5.91 Å². The van der Waals surface area contributed by atoms with Gasteiger partial charge in [-0.25, -0.2) is 0 Å². The SMILES string of the molecule is CCNCC1CN(C(=O)C(C)(C)C)CCO1. The first-order chi connectivity index (χ1) is 7.45. The number of rotatable bonds is 3. The van der Waals surface area contributed by atoms with E-state index in [0.29, 0.717) is 13.2 Å². The van der Waals surface area contributed by atoms with Gasteiger partial charge in [-0.05, 0) is 6.54 Å². The van der Waals surface area contributed by atoms with Gasteiger partial charge in [0, 0.05) is 25.0 Å². The molecule has 1 rings (SSSR count). The fourth-order valence-electron chi connectivity index (χ4n) is 1.81. The standard InChI is InChI=1S/C12H24N2O2/c1-5-13-8-10-9-14(6-7-16-10)11(15)12(2,3)4/h10,13H,5-9H2,1-4H3. The highest BCUT2D eigenvalue weighted by Crippen LogP contribution is 2.19. The van der Waals surface area contributed by atoms with Crippen molar-refractivity contribution in [2.24, 2.45) is 5.41 Å². The highest BCUT2D eigenvalue weighted by molar-refractivity contribution is 5.81. The molecule has 0 bridgehead atoms. The van der Waals surface area contributed by atoms with Crippen LogP contribution in [0.2, 0.25) is 0 Å². The van der Waals surface area contributed by atoms with E-state index >= 15 is 0 Å². The summed E-state index contributed by atoms with van der Waals surface area (Å²) in [4.78, 5) is 14.0. The highest BCUT2D eigenvalue weighted by atomic mass is 16.5. The van der Waals surface area contributed by atoms with Crippen molar-refractivity contribution in [3.8, 4) is 0 Å². The molecule has 1 atom stereocenters. The third-order valence-corrected chi connectivity index (χ3v) is 2.69.